The summed E-state index contributed by atoms with van der Waals surface area (Å²) >= 11 is 20.7. The van der Waals surface area contributed by atoms with E-state index in [0.29, 0.717) is 27.2 Å². The van der Waals surface area contributed by atoms with E-state index in [1.54, 1.807) is 12.1 Å². The van der Waals surface area contributed by atoms with Crippen molar-refractivity contribution in [1.29, 1.82) is 0 Å². The van der Waals surface area contributed by atoms with E-state index in [2.05, 4.69) is 21.2 Å². The maximum Gasteiger partial charge on any atom is 0.224 e. The first-order valence-corrected chi connectivity index (χ1v) is 6.80. The predicted molar refractivity (Wildman–Crippen MR) is 73.1 cm³/mol. The smallest absolute Gasteiger partial charge is 0.224 e. The summed E-state index contributed by atoms with van der Waals surface area (Å²) in [6.45, 7) is 0. The van der Waals surface area contributed by atoms with Crippen molar-refractivity contribution in [3.63, 3.8) is 0 Å². The van der Waals surface area contributed by atoms with E-state index in [9.17, 15) is 4.79 Å². The number of rotatable bonds is 4. The molecule has 0 atom stereocenters. The SMILES string of the molecule is O=C(CCCBr)Nc1cc(Cl)c(Cl)c(Cl)c1. The van der Waals surface area contributed by atoms with E-state index < -0.39 is 0 Å². The molecule has 0 aliphatic carbocycles. The van der Waals surface area contributed by atoms with Crippen LogP contribution in [0.3, 0.4) is 0 Å². The molecule has 0 unspecified atom stereocenters. The molecule has 0 aliphatic rings. The number of carbonyl (C=O) groups excluding carboxylic acids is 1. The Labute approximate surface area is 117 Å². The second kappa shape index (κ2) is 6.70. The molecule has 0 fully saturated rings. The molecule has 1 N–H and O–H groups in total. The lowest BCUT2D eigenvalue weighted by atomic mass is 10.3. The Morgan fingerprint density at radius 2 is 1.81 bits per heavy atom. The molecule has 88 valence electrons. The normalized spacial score (nSPS) is 10.2. The average Bonchev–Trinajstić information content (AvgIpc) is 2.23. The number of alkyl halides is 1. The van der Waals surface area contributed by atoms with E-state index in [0.717, 1.165) is 11.8 Å². The lowest BCUT2D eigenvalue weighted by molar-refractivity contribution is -0.116. The van der Waals surface area contributed by atoms with Gasteiger partial charge in [-0.1, -0.05) is 50.7 Å². The van der Waals surface area contributed by atoms with Gasteiger partial charge >= 0.3 is 0 Å². The molecule has 1 aromatic rings. The van der Waals surface area contributed by atoms with Crippen LogP contribution in [0.25, 0.3) is 0 Å². The van der Waals surface area contributed by atoms with Gasteiger partial charge in [0.15, 0.2) is 0 Å². The van der Waals surface area contributed by atoms with Crippen LogP contribution in [-0.2, 0) is 4.79 Å². The molecule has 6 heteroatoms. The Morgan fingerprint density at radius 3 is 2.31 bits per heavy atom. The van der Waals surface area contributed by atoms with Gasteiger partial charge in [0.1, 0.15) is 0 Å². The quantitative estimate of drug-likeness (QED) is 0.619. The van der Waals surface area contributed by atoms with Crippen LogP contribution in [-0.4, -0.2) is 11.2 Å². The molecule has 1 aromatic carbocycles. The van der Waals surface area contributed by atoms with Gasteiger partial charge in [-0.3, -0.25) is 4.79 Å². The predicted octanol–water partition coefficient (Wildman–Crippen LogP) is 4.76. The minimum absolute atomic E-state index is 0.0751. The number of carbonyl (C=O) groups is 1. The molecule has 1 amide bonds. The molecule has 0 spiro atoms. The monoisotopic (exact) mass is 343 g/mol. The summed E-state index contributed by atoms with van der Waals surface area (Å²) in [6, 6.07) is 3.14. The van der Waals surface area contributed by atoms with Crippen LogP contribution in [0, 0.1) is 0 Å². The zero-order valence-corrected chi connectivity index (χ0v) is 12.0. The maximum atomic E-state index is 11.4. The van der Waals surface area contributed by atoms with Crippen LogP contribution in [0.15, 0.2) is 12.1 Å². The van der Waals surface area contributed by atoms with Crippen molar-refractivity contribution in [2.75, 3.05) is 10.6 Å². The van der Waals surface area contributed by atoms with E-state index in [4.69, 9.17) is 34.8 Å². The van der Waals surface area contributed by atoms with Crippen molar-refractivity contribution in [3.8, 4) is 0 Å². The lowest BCUT2D eigenvalue weighted by Gasteiger charge is -2.07. The van der Waals surface area contributed by atoms with Crippen molar-refractivity contribution < 1.29 is 4.79 Å². The van der Waals surface area contributed by atoms with Gasteiger partial charge in [-0.15, -0.1) is 0 Å². The average molecular weight is 345 g/mol. The second-order valence-corrected chi connectivity index (χ2v) is 5.08. The third-order valence-corrected chi connectivity index (χ3v) is 3.56. The second-order valence-electron chi connectivity index (χ2n) is 3.09. The minimum Gasteiger partial charge on any atom is -0.326 e. The molecule has 16 heavy (non-hydrogen) atoms. The third kappa shape index (κ3) is 4.13. The molecule has 0 heterocycles. The Kier molecular flexibility index (Phi) is 5.90. The highest BCUT2D eigenvalue weighted by molar-refractivity contribution is 9.09. The minimum atomic E-state index is -0.0751. The molecule has 0 aliphatic heterocycles. The summed E-state index contributed by atoms with van der Waals surface area (Å²) in [5.41, 5.74) is 0.555. The summed E-state index contributed by atoms with van der Waals surface area (Å²) in [4.78, 5) is 11.4. The molecule has 1 rings (SSSR count). The Morgan fingerprint density at radius 1 is 1.25 bits per heavy atom. The highest BCUT2D eigenvalue weighted by Gasteiger charge is 2.08. The van der Waals surface area contributed by atoms with Gasteiger partial charge in [-0.25, -0.2) is 0 Å². The molecule has 0 aromatic heterocycles. The first-order valence-electron chi connectivity index (χ1n) is 4.55. The van der Waals surface area contributed by atoms with Crippen molar-refractivity contribution >= 4 is 62.3 Å². The zero-order chi connectivity index (χ0) is 12.1. The summed E-state index contributed by atoms with van der Waals surface area (Å²) in [7, 11) is 0. The Hall–Kier alpha value is 0.0400. The van der Waals surface area contributed by atoms with Crippen LogP contribution >= 0.6 is 50.7 Å². The van der Waals surface area contributed by atoms with E-state index in [1.165, 1.54) is 0 Å². The van der Waals surface area contributed by atoms with E-state index in [1.807, 2.05) is 0 Å². The van der Waals surface area contributed by atoms with Crippen molar-refractivity contribution in [3.05, 3.63) is 27.2 Å². The molecule has 0 bridgehead atoms. The fraction of sp³-hybridized carbons (Fsp3) is 0.300. The number of anilines is 1. The van der Waals surface area contributed by atoms with Gasteiger partial charge in [0.05, 0.1) is 15.1 Å². The number of halogens is 4. The summed E-state index contributed by atoms with van der Waals surface area (Å²) in [5.74, 6) is -0.0751. The van der Waals surface area contributed by atoms with Gasteiger partial charge in [0.25, 0.3) is 0 Å². The van der Waals surface area contributed by atoms with Crippen molar-refractivity contribution in [2.24, 2.45) is 0 Å². The van der Waals surface area contributed by atoms with Crippen LogP contribution < -0.4 is 5.32 Å². The van der Waals surface area contributed by atoms with E-state index in [-0.39, 0.29) is 5.91 Å². The molecule has 2 nitrogen and oxygen atoms in total. The standard InChI is InChI=1S/C10H9BrCl3NO/c11-3-1-2-9(16)15-6-4-7(12)10(14)8(13)5-6/h4-5H,1-3H2,(H,15,16). The zero-order valence-electron chi connectivity index (χ0n) is 8.20. The highest BCUT2D eigenvalue weighted by atomic mass is 79.9. The number of hydrogen-bond donors (Lipinski definition) is 1. The summed E-state index contributed by atoms with van der Waals surface area (Å²) in [6.07, 6.45) is 1.23. The van der Waals surface area contributed by atoms with Crippen LogP contribution in [0.4, 0.5) is 5.69 Å². The summed E-state index contributed by atoms with van der Waals surface area (Å²) < 4.78 is 0. The molecular weight excluding hydrogens is 336 g/mol. The van der Waals surface area contributed by atoms with E-state index >= 15 is 0 Å². The Balaban J connectivity index is 2.71. The van der Waals surface area contributed by atoms with Crippen LogP contribution in [0.1, 0.15) is 12.8 Å². The van der Waals surface area contributed by atoms with Crippen molar-refractivity contribution in [1.82, 2.24) is 0 Å². The van der Waals surface area contributed by atoms with Gasteiger partial charge in [0.2, 0.25) is 5.91 Å². The summed E-state index contributed by atoms with van der Waals surface area (Å²) in [5, 5.41) is 4.43. The molecule has 0 saturated heterocycles. The number of benzene rings is 1. The first kappa shape index (κ1) is 14.1. The van der Waals surface area contributed by atoms with Gasteiger partial charge in [-0.2, -0.15) is 0 Å². The molecular formula is C10H9BrCl3NO. The number of hydrogen-bond acceptors (Lipinski definition) is 1. The third-order valence-electron chi connectivity index (χ3n) is 1.81. The fourth-order valence-corrected chi connectivity index (χ4v) is 1.96. The topological polar surface area (TPSA) is 29.1 Å². The van der Waals surface area contributed by atoms with Gasteiger partial charge in [0, 0.05) is 17.4 Å². The highest BCUT2D eigenvalue weighted by Crippen LogP contribution is 2.33. The van der Waals surface area contributed by atoms with Crippen LogP contribution in [0.5, 0.6) is 0 Å². The molecule has 0 saturated carbocycles. The molecule has 0 radical (unpaired) electrons. The first-order chi connectivity index (χ1) is 7.54. The van der Waals surface area contributed by atoms with Crippen LogP contribution in [0.2, 0.25) is 15.1 Å². The fourth-order valence-electron chi connectivity index (χ4n) is 1.08. The van der Waals surface area contributed by atoms with Gasteiger partial charge < -0.3 is 5.32 Å². The van der Waals surface area contributed by atoms with Crippen molar-refractivity contribution in [2.45, 2.75) is 12.8 Å². The number of nitrogens with one attached hydrogen (secondary N) is 1. The van der Waals surface area contributed by atoms with Gasteiger partial charge in [-0.05, 0) is 18.6 Å². The number of amides is 1. The lowest BCUT2D eigenvalue weighted by Crippen LogP contribution is -2.11. The maximum absolute atomic E-state index is 11.4. The largest absolute Gasteiger partial charge is 0.326 e. The Bertz CT molecular complexity index is 375.